The number of nitrogens with zero attached hydrogens (tertiary/aromatic N) is 3. The first-order valence-electron chi connectivity index (χ1n) is 3.54. The van der Waals surface area contributed by atoms with Crippen molar-refractivity contribution in [3.63, 3.8) is 0 Å². The molecule has 0 spiro atoms. The van der Waals surface area contributed by atoms with Crippen LogP contribution < -0.4 is 5.32 Å². The number of aromatic amines is 1. The highest BCUT2D eigenvalue weighted by molar-refractivity contribution is 9.11. The Morgan fingerprint density at radius 1 is 1.57 bits per heavy atom. The van der Waals surface area contributed by atoms with Gasteiger partial charge in [-0.1, -0.05) is 11.3 Å². The Bertz CT molecular complexity index is 439. The lowest BCUT2D eigenvalue weighted by Gasteiger charge is -1.95. The van der Waals surface area contributed by atoms with Crippen LogP contribution in [-0.4, -0.2) is 26.1 Å². The molecule has 14 heavy (non-hydrogen) atoms. The van der Waals surface area contributed by atoms with Gasteiger partial charge in [-0.05, 0) is 15.9 Å². The maximum Gasteiger partial charge on any atom is 0.294 e. The quantitative estimate of drug-likeness (QED) is 0.863. The van der Waals surface area contributed by atoms with Gasteiger partial charge in [-0.2, -0.15) is 5.10 Å². The zero-order valence-electron chi connectivity index (χ0n) is 6.69. The highest BCUT2D eigenvalue weighted by atomic mass is 79.9. The van der Waals surface area contributed by atoms with Gasteiger partial charge in [0.1, 0.15) is 6.33 Å². The molecule has 0 saturated heterocycles. The van der Waals surface area contributed by atoms with Crippen LogP contribution in [0.4, 0.5) is 5.13 Å². The molecule has 0 aliphatic rings. The first-order chi connectivity index (χ1) is 6.75. The highest BCUT2D eigenvalue weighted by Gasteiger charge is 2.10. The first kappa shape index (κ1) is 9.28. The van der Waals surface area contributed by atoms with Crippen LogP contribution >= 0.6 is 27.3 Å². The maximum atomic E-state index is 11.4. The minimum absolute atomic E-state index is 0.163. The molecule has 0 radical (unpaired) electrons. The number of nitrogens with one attached hydrogen (secondary N) is 2. The Morgan fingerprint density at radius 2 is 2.43 bits per heavy atom. The molecule has 0 unspecified atom stereocenters. The molecular weight excluding hydrogens is 270 g/mol. The van der Waals surface area contributed by atoms with Gasteiger partial charge in [-0.3, -0.25) is 15.2 Å². The van der Waals surface area contributed by atoms with Gasteiger partial charge in [-0.25, -0.2) is 9.97 Å². The third-order valence-corrected chi connectivity index (χ3v) is 2.72. The van der Waals surface area contributed by atoms with Crippen molar-refractivity contribution in [1.29, 1.82) is 0 Å². The molecule has 0 aliphatic heterocycles. The molecule has 0 bridgehead atoms. The van der Waals surface area contributed by atoms with Gasteiger partial charge in [0.05, 0.1) is 9.98 Å². The highest BCUT2D eigenvalue weighted by Crippen LogP contribution is 2.23. The van der Waals surface area contributed by atoms with E-state index in [0.717, 1.165) is 3.79 Å². The van der Waals surface area contributed by atoms with Gasteiger partial charge in [0, 0.05) is 0 Å². The summed E-state index contributed by atoms with van der Waals surface area (Å²) in [4.78, 5) is 19.0. The van der Waals surface area contributed by atoms with E-state index in [1.807, 2.05) is 0 Å². The molecular formula is C6H4BrN5OS. The van der Waals surface area contributed by atoms with Crippen molar-refractivity contribution < 1.29 is 4.79 Å². The van der Waals surface area contributed by atoms with E-state index in [-0.39, 0.29) is 11.7 Å². The number of anilines is 1. The monoisotopic (exact) mass is 273 g/mol. The number of rotatable bonds is 2. The van der Waals surface area contributed by atoms with Crippen LogP contribution in [0.15, 0.2) is 16.3 Å². The van der Waals surface area contributed by atoms with E-state index < -0.39 is 0 Å². The minimum Gasteiger partial charge on any atom is -0.295 e. The predicted octanol–water partition coefficient (Wildman–Crippen LogP) is 1.28. The molecule has 0 fully saturated rings. The standard InChI is InChI=1S/C6H4BrN5OS/c7-3-1-8-6(14-3)11-5(13)4-9-2-10-12-4/h1-2H,(H,8,11,13)(H,9,10,12). The maximum absolute atomic E-state index is 11.4. The molecule has 2 aromatic heterocycles. The van der Waals surface area contributed by atoms with E-state index in [4.69, 9.17) is 0 Å². The summed E-state index contributed by atoms with van der Waals surface area (Å²) in [5.74, 6) is -0.194. The first-order valence-corrected chi connectivity index (χ1v) is 5.14. The number of thiazole rings is 1. The van der Waals surface area contributed by atoms with Crippen LogP contribution in [-0.2, 0) is 0 Å². The number of halogens is 1. The number of hydrogen-bond acceptors (Lipinski definition) is 5. The normalized spacial score (nSPS) is 10.1. The lowest BCUT2D eigenvalue weighted by Crippen LogP contribution is -2.13. The van der Waals surface area contributed by atoms with Crippen molar-refractivity contribution in [3.05, 3.63) is 22.1 Å². The van der Waals surface area contributed by atoms with Crippen LogP contribution in [0.1, 0.15) is 10.6 Å². The summed E-state index contributed by atoms with van der Waals surface area (Å²) in [5, 5.41) is 9.10. The summed E-state index contributed by atoms with van der Waals surface area (Å²) in [6.45, 7) is 0. The Hall–Kier alpha value is -1.28. The average molecular weight is 274 g/mol. The lowest BCUT2D eigenvalue weighted by atomic mass is 10.6. The topological polar surface area (TPSA) is 83.6 Å². The number of carbonyl (C=O) groups excluding carboxylic acids is 1. The van der Waals surface area contributed by atoms with Gasteiger partial charge in [0.25, 0.3) is 5.91 Å². The number of carbonyl (C=O) groups is 1. The smallest absolute Gasteiger partial charge is 0.294 e. The van der Waals surface area contributed by atoms with Crippen LogP contribution in [0.5, 0.6) is 0 Å². The van der Waals surface area contributed by atoms with E-state index >= 15 is 0 Å². The fraction of sp³-hybridized carbons (Fsp3) is 0. The van der Waals surface area contributed by atoms with E-state index in [0.29, 0.717) is 5.13 Å². The summed E-state index contributed by atoms with van der Waals surface area (Å²) in [6, 6.07) is 0. The zero-order valence-corrected chi connectivity index (χ0v) is 9.09. The van der Waals surface area contributed by atoms with E-state index in [1.165, 1.54) is 17.7 Å². The van der Waals surface area contributed by atoms with Crippen molar-refractivity contribution in [2.45, 2.75) is 0 Å². The molecule has 2 heterocycles. The second-order valence-electron chi connectivity index (χ2n) is 2.26. The molecule has 0 aliphatic carbocycles. The van der Waals surface area contributed by atoms with Crippen molar-refractivity contribution >= 4 is 38.3 Å². The number of hydrogen-bond donors (Lipinski definition) is 2. The molecule has 2 aromatic rings. The molecule has 72 valence electrons. The minimum atomic E-state index is -0.357. The van der Waals surface area contributed by atoms with Crippen LogP contribution in [0, 0.1) is 0 Å². The molecule has 0 aromatic carbocycles. The van der Waals surface area contributed by atoms with E-state index in [1.54, 1.807) is 6.20 Å². The fourth-order valence-electron chi connectivity index (χ4n) is 0.783. The Kier molecular flexibility index (Phi) is 2.55. The largest absolute Gasteiger partial charge is 0.295 e. The Labute approximate surface area is 90.9 Å². The van der Waals surface area contributed by atoms with Crippen LogP contribution in [0.25, 0.3) is 0 Å². The fourth-order valence-corrected chi connectivity index (χ4v) is 1.89. The van der Waals surface area contributed by atoms with Gasteiger partial charge in [0.15, 0.2) is 5.13 Å². The van der Waals surface area contributed by atoms with Crippen molar-refractivity contribution in [2.24, 2.45) is 0 Å². The summed E-state index contributed by atoms with van der Waals surface area (Å²) in [6.07, 6.45) is 2.88. The van der Waals surface area contributed by atoms with Gasteiger partial charge < -0.3 is 0 Å². The van der Waals surface area contributed by atoms with Gasteiger partial charge >= 0.3 is 0 Å². The Morgan fingerprint density at radius 3 is 3.00 bits per heavy atom. The van der Waals surface area contributed by atoms with Crippen molar-refractivity contribution in [3.8, 4) is 0 Å². The molecule has 8 heteroatoms. The summed E-state index contributed by atoms with van der Waals surface area (Å²) < 4.78 is 0.852. The van der Waals surface area contributed by atoms with Gasteiger partial charge in [-0.15, -0.1) is 0 Å². The van der Waals surface area contributed by atoms with Gasteiger partial charge in [0.2, 0.25) is 5.82 Å². The molecule has 1 amide bonds. The number of H-pyrrole nitrogens is 1. The summed E-state index contributed by atoms with van der Waals surface area (Å²) in [5.41, 5.74) is 0. The molecule has 2 N–H and O–H groups in total. The average Bonchev–Trinajstić information content (AvgIpc) is 2.75. The second kappa shape index (κ2) is 3.84. The number of amides is 1. The molecule has 6 nitrogen and oxygen atoms in total. The lowest BCUT2D eigenvalue weighted by molar-refractivity contribution is 0.101. The van der Waals surface area contributed by atoms with Crippen molar-refractivity contribution in [1.82, 2.24) is 20.2 Å². The molecule has 0 saturated carbocycles. The van der Waals surface area contributed by atoms with Crippen molar-refractivity contribution in [2.75, 3.05) is 5.32 Å². The SMILES string of the molecule is O=C(Nc1ncc(Br)s1)c1ncn[nH]1. The van der Waals surface area contributed by atoms with E-state index in [9.17, 15) is 4.79 Å². The third kappa shape index (κ3) is 1.96. The predicted molar refractivity (Wildman–Crippen MR) is 54.1 cm³/mol. The summed E-state index contributed by atoms with van der Waals surface area (Å²) >= 11 is 4.56. The van der Waals surface area contributed by atoms with Crippen LogP contribution in [0.2, 0.25) is 0 Å². The second-order valence-corrected chi connectivity index (χ2v) is 4.67. The zero-order chi connectivity index (χ0) is 9.97. The molecule has 2 rings (SSSR count). The summed E-state index contributed by atoms with van der Waals surface area (Å²) in [7, 11) is 0. The molecule has 0 atom stereocenters. The Balaban J connectivity index is 2.09. The van der Waals surface area contributed by atoms with Crippen LogP contribution in [0.3, 0.4) is 0 Å². The van der Waals surface area contributed by atoms with E-state index in [2.05, 4.69) is 41.4 Å². The number of aromatic nitrogens is 4. The third-order valence-electron chi connectivity index (χ3n) is 1.33.